The minimum atomic E-state index is -3.33. The van der Waals surface area contributed by atoms with Gasteiger partial charge >= 0.3 is 0 Å². The van der Waals surface area contributed by atoms with E-state index in [1.54, 1.807) is 0 Å². The van der Waals surface area contributed by atoms with Crippen LogP contribution in [0.15, 0.2) is 23.4 Å². The third kappa shape index (κ3) is 5.80. The Bertz CT molecular complexity index is 544. The summed E-state index contributed by atoms with van der Waals surface area (Å²) in [5.41, 5.74) is 0.0327. The van der Waals surface area contributed by atoms with Crippen molar-refractivity contribution in [1.82, 2.24) is 4.98 Å². The van der Waals surface area contributed by atoms with Gasteiger partial charge in [0, 0.05) is 6.26 Å². The normalized spacial score (nSPS) is 12.2. The van der Waals surface area contributed by atoms with Crippen LogP contribution in [0.1, 0.15) is 20.8 Å². The summed E-state index contributed by atoms with van der Waals surface area (Å²) in [6, 6.07) is 2.83. The molecule has 0 bridgehead atoms. The van der Waals surface area contributed by atoms with Gasteiger partial charge < -0.3 is 10.1 Å². The molecule has 0 saturated carbocycles. The molecule has 0 aliphatic carbocycles. The van der Waals surface area contributed by atoms with E-state index in [1.807, 2.05) is 20.8 Å². The maximum absolute atomic E-state index is 11.6. The van der Waals surface area contributed by atoms with Crippen molar-refractivity contribution in [2.24, 2.45) is 0 Å². The number of rotatable bonds is 4. The second kappa shape index (κ2) is 5.66. The summed E-state index contributed by atoms with van der Waals surface area (Å²) in [7, 11) is -3.33. The lowest BCUT2D eigenvalue weighted by molar-refractivity contribution is -0.125. The Labute approximate surface area is 113 Å². The molecule has 19 heavy (non-hydrogen) atoms. The molecule has 6 nitrogen and oxygen atoms in total. The maximum atomic E-state index is 11.6. The van der Waals surface area contributed by atoms with Crippen molar-refractivity contribution in [1.29, 1.82) is 0 Å². The first-order valence-corrected chi connectivity index (χ1v) is 7.57. The quantitative estimate of drug-likeness (QED) is 0.900. The number of anilines is 1. The zero-order valence-corrected chi connectivity index (χ0v) is 12.2. The Morgan fingerprint density at radius 3 is 2.42 bits per heavy atom. The van der Waals surface area contributed by atoms with Crippen LogP contribution < -0.4 is 5.32 Å². The van der Waals surface area contributed by atoms with Crippen LogP contribution in [0.2, 0.25) is 0 Å². The molecule has 1 N–H and O–H groups in total. The van der Waals surface area contributed by atoms with Crippen molar-refractivity contribution >= 4 is 21.4 Å². The molecule has 0 spiro atoms. The molecule has 0 aliphatic heterocycles. The molecule has 0 aromatic carbocycles. The fourth-order valence-corrected chi connectivity index (χ4v) is 1.71. The van der Waals surface area contributed by atoms with Gasteiger partial charge in [0.05, 0.1) is 17.5 Å². The molecule has 1 rings (SSSR count). The van der Waals surface area contributed by atoms with Gasteiger partial charge in [-0.2, -0.15) is 0 Å². The Hall–Kier alpha value is -1.47. The number of amides is 1. The molecule has 0 radical (unpaired) electrons. The number of carbonyl (C=O) groups is 1. The predicted molar refractivity (Wildman–Crippen MR) is 71.7 cm³/mol. The number of hydrogen-bond donors (Lipinski definition) is 1. The van der Waals surface area contributed by atoms with E-state index < -0.39 is 15.4 Å². The van der Waals surface area contributed by atoms with Crippen molar-refractivity contribution in [2.45, 2.75) is 31.4 Å². The first-order chi connectivity index (χ1) is 8.58. The van der Waals surface area contributed by atoms with Gasteiger partial charge in [-0.15, -0.1) is 0 Å². The van der Waals surface area contributed by atoms with E-state index in [9.17, 15) is 13.2 Å². The van der Waals surface area contributed by atoms with Gasteiger partial charge in [-0.3, -0.25) is 4.79 Å². The SMILES string of the molecule is CC(C)(C)OCC(=O)Nc1ccc(S(C)(=O)=O)nc1. The molecule has 1 amide bonds. The third-order valence-electron chi connectivity index (χ3n) is 2.04. The van der Waals surface area contributed by atoms with Crippen LogP contribution in [0.25, 0.3) is 0 Å². The Morgan fingerprint density at radius 1 is 1.37 bits per heavy atom. The average molecular weight is 286 g/mol. The van der Waals surface area contributed by atoms with Gasteiger partial charge in [0.2, 0.25) is 5.91 Å². The average Bonchev–Trinajstić information content (AvgIpc) is 2.25. The predicted octanol–water partition coefficient (Wildman–Crippen LogP) is 1.24. The number of carbonyl (C=O) groups excluding carboxylic acids is 1. The molecule has 106 valence electrons. The lowest BCUT2D eigenvalue weighted by atomic mass is 10.2. The fraction of sp³-hybridized carbons (Fsp3) is 0.500. The largest absolute Gasteiger partial charge is 0.366 e. The molecule has 0 unspecified atom stereocenters. The van der Waals surface area contributed by atoms with E-state index in [0.717, 1.165) is 6.26 Å². The lowest BCUT2D eigenvalue weighted by Crippen LogP contribution is -2.27. The minimum Gasteiger partial charge on any atom is -0.366 e. The first-order valence-electron chi connectivity index (χ1n) is 5.68. The minimum absolute atomic E-state index is 0.0311. The van der Waals surface area contributed by atoms with Crippen molar-refractivity contribution in [3.63, 3.8) is 0 Å². The lowest BCUT2D eigenvalue weighted by Gasteiger charge is -2.18. The second-order valence-corrected chi connectivity index (χ2v) is 7.07. The molecule has 0 aliphatic rings. The highest BCUT2D eigenvalue weighted by Gasteiger charge is 2.13. The van der Waals surface area contributed by atoms with Gasteiger partial charge in [-0.25, -0.2) is 13.4 Å². The van der Waals surface area contributed by atoms with Gasteiger partial charge in [0.1, 0.15) is 6.61 Å². The van der Waals surface area contributed by atoms with E-state index in [0.29, 0.717) is 5.69 Å². The number of nitrogens with one attached hydrogen (secondary N) is 1. The summed E-state index contributed by atoms with van der Waals surface area (Å²) in [6.45, 7) is 5.48. The molecular formula is C12H18N2O4S. The fourth-order valence-electron chi connectivity index (χ4n) is 1.15. The Morgan fingerprint density at radius 2 is 2.00 bits per heavy atom. The summed E-state index contributed by atoms with van der Waals surface area (Å²) < 4.78 is 27.7. The van der Waals surface area contributed by atoms with Crippen LogP contribution in [-0.2, 0) is 19.4 Å². The first kappa shape index (κ1) is 15.6. The zero-order chi connectivity index (χ0) is 14.7. The van der Waals surface area contributed by atoms with E-state index >= 15 is 0 Å². The number of pyridine rings is 1. The van der Waals surface area contributed by atoms with E-state index in [2.05, 4.69) is 10.3 Å². The van der Waals surface area contributed by atoms with Crippen LogP contribution in [0, 0.1) is 0 Å². The number of ether oxygens (including phenoxy) is 1. The second-order valence-electron chi connectivity index (χ2n) is 5.11. The van der Waals surface area contributed by atoms with Crippen molar-refractivity contribution in [3.8, 4) is 0 Å². The zero-order valence-electron chi connectivity index (χ0n) is 11.4. The van der Waals surface area contributed by atoms with E-state index in [4.69, 9.17) is 4.74 Å². The molecule has 1 aromatic rings. The summed E-state index contributed by atoms with van der Waals surface area (Å²) >= 11 is 0. The number of sulfone groups is 1. The Balaban J connectivity index is 2.61. The molecule has 7 heteroatoms. The monoisotopic (exact) mass is 286 g/mol. The van der Waals surface area contributed by atoms with Crippen molar-refractivity contribution in [3.05, 3.63) is 18.3 Å². The van der Waals surface area contributed by atoms with Gasteiger partial charge in [0.25, 0.3) is 0 Å². The number of hydrogen-bond acceptors (Lipinski definition) is 5. The van der Waals surface area contributed by atoms with Crippen molar-refractivity contribution in [2.75, 3.05) is 18.2 Å². The van der Waals surface area contributed by atoms with E-state index in [1.165, 1.54) is 18.3 Å². The Kier molecular flexibility index (Phi) is 4.65. The highest BCUT2D eigenvalue weighted by molar-refractivity contribution is 7.90. The molecule has 1 aromatic heterocycles. The molecule has 0 atom stereocenters. The highest BCUT2D eigenvalue weighted by Crippen LogP contribution is 2.11. The summed E-state index contributed by atoms with van der Waals surface area (Å²) in [4.78, 5) is 15.3. The van der Waals surface area contributed by atoms with Crippen LogP contribution in [0.5, 0.6) is 0 Å². The third-order valence-corrected chi connectivity index (χ3v) is 3.04. The molecule has 0 saturated heterocycles. The highest BCUT2D eigenvalue weighted by atomic mass is 32.2. The topological polar surface area (TPSA) is 85.4 Å². The van der Waals surface area contributed by atoms with Gasteiger partial charge in [-0.1, -0.05) is 0 Å². The van der Waals surface area contributed by atoms with Gasteiger partial charge in [-0.05, 0) is 32.9 Å². The number of nitrogens with zero attached hydrogens (tertiary/aromatic N) is 1. The van der Waals surface area contributed by atoms with Crippen LogP contribution in [0.4, 0.5) is 5.69 Å². The molecular weight excluding hydrogens is 268 g/mol. The van der Waals surface area contributed by atoms with Crippen LogP contribution >= 0.6 is 0 Å². The smallest absolute Gasteiger partial charge is 0.250 e. The summed E-state index contributed by atoms with van der Waals surface area (Å²) in [5.74, 6) is -0.316. The standard InChI is InChI=1S/C12H18N2O4S/c1-12(2,3)18-8-10(15)14-9-5-6-11(13-7-9)19(4,16)17/h5-7H,8H2,1-4H3,(H,14,15). The van der Waals surface area contributed by atoms with Crippen LogP contribution in [-0.4, -0.2) is 37.8 Å². The maximum Gasteiger partial charge on any atom is 0.250 e. The van der Waals surface area contributed by atoms with Crippen molar-refractivity contribution < 1.29 is 17.9 Å². The summed E-state index contributed by atoms with van der Waals surface area (Å²) in [6.07, 6.45) is 2.37. The molecule has 1 heterocycles. The summed E-state index contributed by atoms with van der Waals surface area (Å²) in [5, 5.41) is 2.54. The van der Waals surface area contributed by atoms with Gasteiger partial charge in [0.15, 0.2) is 14.9 Å². The van der Waals surface area contributed by atoms with Crippen LogP contribution in [0.3, 0.4) is 0 Å². The number of aromatic nitrogens is 1. The van der Waals surface area contributed by atoms with E-state index in [-0.39, 0.29) is 17.5 Å². The molecule has 0 fully saturated rings.